The van der Waals surface area contributed by atoms with Crippen LogP contribution in [-0.4, -0.2) is 11.7 Å². The Hall–Kier alpha value is -0.930. The van der Waals surface area contributed by atoms with Gasteiger partial charge in [-0.3, -0.25) is 0 Å². The molecule has 0 saturated heterocycles. The Bertz CT molecular complexity index is 325. The number of nitrogens with two attached hydrogens (primary N) is 1. The summed E-state index contributed by atoms with van der Waals surface area (Å²) in [5.41, 5.74) is 7.74. The molecule has 1 atom stereocenters. The van der Waals surface area contributed by atoms with Crippen molar-refractivity contribution in [1.29, 1.82) is 0 Å². The molecule has 0 saturated carbocycles. The molecule has 0 bridgehead atoms. The van der Waals surface area contributed by atoms with E-state index in [0.717, 1.165) is 5.56 Å². The Morgan fingerprint density at radius 1 is 1.36 bits per heavy atom. The molecule has 1 aromatic carbocycles. The van der Waals surface area contributed by atoms with Crippen molar-refractivity contribution in [3.8, 4) is 0 Å². The number of aryl methyl sites for hydroxylation is 2. The van der Waals surface area contributed by atoms with Crippen LogP contribution in [0.4, 0.5) is 4.39 Å². The summed E-state index contributed by atoms with van der Waals surface area (Å²) < 4.78 is 13.7. The molecule has 0 spiro atoms. The average Bonchev–Trinajstić information content (AvgIpc) is 2.13. The normalized spacial score (nSPS) is 12.9. The van der Waals surface area contributed by atoms with Crippen LogP contribution in [0.2, 0.25) is 0 Å². The van der Waals surface area contributed by atoms with E-state index < -0.39 is 6.04 Å². The first-order valence-electron chi connectivity index (χ1n) is 4.70. The molecular formula is C11H16FNO. The minimum Gasteiger partial charge on any atom is -0.396 e. The molecule has 1 unspecified atom stereocenters. The maximum Gasteiger partial charge on any atom is 0.131 e. The molecule has 3 N–H and O–H groups in total. The fourth-order valence-electron chi connectivity index (χ4n) is 1.54. The second-order valence-corrected chi connectivity index (χ2v) is 3.55. The van der Waals surface area contributed by atoms with Crippen LogP contribution in [0.1, 0.15) is 29.2 Å². The minimum atomic E-state index is -0.417. The van der Waals surface area contributed by atoms with Crippen molar-refractivity contribution in [2.75, 3.05) is 6.61 Å². The van der Waals surface area contributed by atoms with Crippen molar-refractivity contribution in [2.24, 2.45) is 5.73 Å². The highest BCUT2D eigenvalue weighted by Gasteiger charge is 2.15. The third-order valence-corrected chi connectivity index (χ3v) is 2.40. The monoisotopic (exact) mass is 197 g/mol. The van der Waals surface area contributed by atoms with Gasteiger partial charge >= 0.3 is 0 Å². The van der Waals surface area contributed by atoms with Crippen LogP contribution in [0.15, 0.2) is 12.1 Å². The molecule has 1 aromatic rings. The molecule has 0 aromatic heterocycles. The van der Waals surface area contributed by atoms with Gasteiger partial charge in [0.25, 0.3) is 0 Å². The summed E-state index contributed by atoms with van der Waals surface area (Å²) in [5, 5.41) is 8.75. The van der Waals surface area contributed by atoms with Crippen LogP contribution < -0.4 is 5.73 Å². The predicted octanol–water partition coefficient (Wildman–Crippen LogP) is 1.82. The van der Waals surface area contributed by atoms with E-state index in [9.17, 15) is 4.39 Å². The number of rotatable bonds is 3. The van der Waals surface area contributed by atoms with Crippen LogP contribution in [-0.2, 0) is 0 Å². The first-order valence-corrected chi connectivity index (χ1v) is 4.70. The molecule has 78 valence electrons. The van der Waals surface area contributed by atoms with Crippen molar-refractivity contribution < 1.29 is 9.50 Å². The van der Waals surface area contributed by atoms with Crippen LogP contribution in [0.25, 0.3) is 0 Å². The molecule has 0 aliphatic heterocycles. The van der Waals surface area contributed by atoms with Gasteiger partial charge in [-0.25, -0.2) is 4.39 Å². The van der Waals surface area contributed by atoms with Gasteiger partial charge in [-0.2, -0.15) is 0 Å². The summed E-state index contributed by atoms with van der Waals surface area (Å²) in [7, 11) is 0. The van der Waals surface area contributed by atoms with Gasteiger partial charge in [-0.15, -0.1) is 0 Å². The van der Waals surface area contributed by atoms with Gasteiger partial charge in [0, 0.05) is 18.2 Å². The highest BCUT2D eigenvalue weighted by molar-refractivity contribution is 5.34. The lowest BCUT2D eigenvalue weighted by atomic mass is 9.97. The lowest BCUT2D eigenvalue weighted by Crippen LogP contribution is -2.15. The number of hydrogen-bond acceptors (Lipinski definition) is 2. The summed E-state index contributed by atoms with van der Waals surface area (Å²) in [6.07, 6.45) is 0.390. The fraction of sp³-hybridized carbons (Fsp3) is 0.455. The summed E-state index contributed by atoms with van der Waals surface area (Å²) in [4.78, 5) is 0. The van der Waals surface area contributed by atoms with Crippen molar-refractivity contribution in [1.82, 2.24) is 0 Å². The van der Waals surface area contributed by atoms with Crippen LogP contribution >= 0.6 is 0 Å². The molecule has 3 heteroatoms. The second kappa shape index (κ2) is 4.53. The SMILES string of the molecule is Cc1ccc(C)c(C(N)CCO)c1F. The molecule has 0 aliphatic rings. The highest BCUT2D eigenvalue weighted by atomic mass is 19.1. The third-order valence-electron chi connectivity index (χ3n) is 2.40. The maximum absolute atomic E-state index is 13.7. The van der Waals surface area contributed by atoms with Gasteiger partial charge in [0.1, 0.15) is 5.82 Å². The van der Waals surface area contributed by atoms with Gasteiger partial charge in [0.05, 0.1) is 0 Å². The fourth-order valence-corrected chi connectivity index (χ4v) is 1.54. The Balaban J connectivity index is 3.11. The molecular weight excluding hydrogens is 181 g/mol. The zero-order valence-electron chi connectivity index (χ0n) is 8.55. The molecule has 0 heterocycles. The lowest BCUT2D eigenvalue weighted by Gasteiger charge is -2.15. The van der Waals surface area contributed by atoms with E-state index in [-0.39, 0.29) is 12.4 Å². The van der Waals surface area contributed by atoms with Gasteiger partial charge in [0.2, 0.25) is 0 Å². The maximum atomic E-state index is 13.7. The van der Waals surface area contributed by atoms with Crippen molar-refractivity contribution in [3.63, 3.8) is 0 Å². The van der Waals surface area contributed by atoms with E-state index in [0.29, 0.717) is 17.5 Å². The number of benzene rings is 1. The zero-order valence-corrected chi connectivity index (χ0v) is 8.55. The standard InChI is InChI=1S/C11H16FNO/c1-7-3-4-8(2)11(12)10(7)9(13)5-6-14/h3-4,9,14H,5-6,13H2,1-2H3. The molecule has 0 radical (unpaired) electrons. The summed E-state index contributed by atoms with van der Waals surface area (Å²) >= 11 is 0. The second-order valence-electron chi connectivity index (χ2n) is 3.55. The van der Waals surface area contributed by atoms with Gasteiger partial charge < -0.3 is 10.8 Å². The third kappa shape index (κ3) is 2.11. The predicted molar refractivity (Wildman–Crippen MR) is 54.5 cm³/mol. The number of aliphatic hydroxyl groups is 1. The van der Waals surface area contributed by atoms with E-state index in [4.69, 9.17) is 10.8 Å². The van der Waals surface area contributed by atoms with Crippen molar-refractivity contribution in [3.05, 3.63) is 34.6 Å². The van der Waals surface area contributed by atoms with Crippen LogP contribution in [0, 0.1) is 19.7 Å². The molecule has 0 amide bonds. The topological polar surface area (TPSA) is 46.2 Å². The number of hydrogen-bond donors (Lipinski definition) is 2. The van der Waals surface area contributed by atoms with Crippen molar-refractivity contribution in [2.45, 2.75) is 26.3 Å². The molecule has 2 nitrogen and oxygen atoms in total. The first-order chi connectivity index (χ1) is 6.57. The Morgan fingerprint density at radius 2 is 1.93 bits per heavy atom. The molecule has 0 aliphatic carbocycles. The summed E-state index contributed by atoms with van der Waals surface area (Å²) in [6.45, 7) is 3.52. The molecule has 14 heavy (non-hydrogen) atoms. The Kier molecular flexibility index (Phi) is 3.61. The quantitative estimate of drug-likeness (QED) is 0.776. The van der Waals surface area contributed by atoms with E-state index in [1.54, 1.807) is 13.0 Å². The minimum absolute atomic E-state index is 0.0199. The number of halogens is 1. The Labute approximate surface area is 83.6 Å². The Morgan fingerprint density at radius 3 is 2.50 bits per heavy atom. The van der Waals surface area contributed by atoms with Gasteiger partial charge in [-0.05, 0) is 31.4 Å². The smallest absolute Gasteiger partial charge is 0.131 e. The van der Waals surface area contributed by atoms with E-state index in [2.05, 4.69) is 0 Å². The van der Waals surface area contributed by atoms with Crippen LogP contribution in [0.5, 0.6) is 0 Å². The first kappa shape index (κ1) is 11.1. The zero-order chi connectivity index (χ0) is 10.7. The number of aliphatic hydroxyl groups excluding tert-OH is 1. The molecule has 1 rings (SSSR count). The van der Waals surface area contributed by atoms with Gasteiger partial charge in [0.15, 0.2) is 0 Å². The van der Waals surface area contributed by atoms with Crippen LogP contribution in [0.3, 0.4) is 0 Å². The van der Waals surface area contributed by atoms with Crippen molar-refractivity contribution >= 4 is 0 Å². The highest BCUT2D eigenvalue weighted by Crippen LogP contribution is 2.23. The largest absolute Gasteiger partial charge is 0.396 e. The van der Waals surface area contributed by atoms with E-state index >= 15 is 0 Å². The molecule has 0 fully saturated rings. The average molecular weight is 197 g/mol. The van der Waals surface area contributed by atoms with Gasteiger partial charge in [-0.1, -0.05) is 12.1 Å². The van der Waals surface area contributed by atoms with E-state index in [1.165, 1.54) is 0 Å². The summed E-state index contributed by atoms with van der Waals surface area (Å²) in [5.74, 6) is -0.244. The summed E-state index contributed by atoms with van der Waals surface area (Å²) in [6, 6.07) is 3.17. The lowest BCUT2D eigenvalue weighted by molar-refractivity contribution is 0.275. The van der Waals surface area contributed by atoms with E-state index in [1.807, 2.05) is 13.0 Å².